The smallest absolute Gasteiger partial charge is 0.326 e. The highest BCUT2D eigenvalue weighted by Gasteiger charge is 2.26. The molecule has 2 N–H and O–H groups in total. The highest BCUT2D eigenvalue weighted by molar-refractivity contribution is 5.76. The van der Waals surface area contributed by atoms with E-state index in [0.717, 1.165) is 25.7 Å². The molecule has 2 atom stereocenters. The summed E-state index contributed by atoms with van der Waals surface area (Å²) in [4.78, 5) is 11.6. The molecule has 88 valence electrons. The molecule has 0 aromatic rings. The second-order valence-electron chi connectivity index (χ2n) is 4.20. The summed E-state index contributed by atoms with van der Waals surface area (Å²) in [6, 6.07) is -0.605. The Morgan fingerprint density at radius 3 is 2.47 bits per heavy atom. The van der Waals surface area contributed by atoms with Crippen molar-refractivity contribution < 1.29 is 14.6 Å². The van der Waals surface area contributed by atoms with Gasteiger partial charge in [-0.2, -0.15) is 0 Å². The first kappa shape index (κ1) is 12.5. The predicted molar refractivity (Wildman–Crippen MR) is 57.5 cm³/mol. The van der Waals surface area contributed by atoms with Crippen molar-refractivity contribution in [2.45, 2.75) is 57.3 Å². The third kappa shape index (κ3) is 3.80. The summed E-state index contributed by atoms with van der Waals surface area (Å²) in [7, 11) is 1.65. The zero-order valence-electron chi connectivity index (χ0n) is 9.53. The molecule has 15 heavy (non-hydrogen) atoms. The van der Waals surface area contributed by atoms with Gasteiger partial charge in [-0.15, -0.1) is 0 Å². The van der Waals surface area contributed by atoms with E-state index in [9.17, 15) is 9.90 Å². The van der Waals surface area contributed by atoms with Gasteiger partial charge in [0.1, 0.15) is 12.1 Å². The number of hydrogen-bond acceptors (Lipinski definition) is 4. The van der Waals surface area contributed by atoms with Gasteiger partial charge < -0.3 is 15.2 Å². The molecule has 0 heterocycles. The second kappa shape index (κ2) is 6.08. The van der Waals surface area contributed by atoms with Crippen molar-refractivity contribution in [3.63, 3.8) is 0 Å². The van der Waals surface area contributed by atoms with Crippen LogP contribution < -0.4 is 5.32 Å². The fourth-order valence-electron chi connectivity index (χ4n) is 1.98. The third-order valence-corrected chi connectivity index (χ3v) is 2.88. The highest BCUT2D eigenvalue weighted by atomic mass is 16.5. The van der Waals surface area contributed by atoms with Crippen LogP contribution in [-0.4, -0.2) is 36.4 Å². The minimum Gasteiger partial charge on any atom is -0.461 e. The monoisotopic (exact) mass is 215 g/mol. The van der Waals surface area contributed by atoms with Crippen LogP contribution in [0.2, 0.25) is 0 Å². The summed E-state index contributed by atoms with van der Waals surface area (Å²) in [5, 5.41) is 12.1. The molecule has 0 aromatic heterocycles. The molecule has 4 heteroatoms. The van der Waals surface area contributed by atoms with Crippen LogP contribution in [0.4, 0.5) is 0 Å². The van der Waals surface area contributed by atoms with Crippen LogP contribution in [0.5, 0.6) is 0 Å². The van der Waals surface area contributed by atoms with Crippen molar-refractivity contribution >= 4 is 5.97 Å². The lowest BCUT2D eigenvalue weighted by Crippen LogP contribution is -2.45. The van der Waals surface area contributed by atoms with Crippen LogP contribution in [0, 0.1) is 0 Å². The van der Waals surface area contributed by atoms with Gasteiger partial charge in [-0.05, 0) is 39.7 Å². The molecule has 0 aromatic carbocycles. The fourth-order valence-corrected chi connectivity index (χ4v) is 1.98. The van der Waals surface area contributed by atoms with Crippen LogP contribution in [0.25, 0.3) is 0 Å². The minimum absolute atomic E-state index is 0.0563. The number of carbonyl (C=O) groups is 1. The Hall–Kier alpha value is -0.610. The highest BCUT2D eigenvalue weighted by Crippen LogP contribution is 2.20. The maximum Gasteiger partial charge on any atom is 0.326 e. The van der Waals surface area contributed by atoms with Gasteiger partial charge in [-0.3, -0.25) is 4.79 Å². The van der Waals surface area contributed by atoms with E-state index in [-0.39, 0.29) is 12.1 Å². The van der Waals surface area contributed by atoms with Crippen molar-refractivity contribution in [3.05, 3.63) is 0 Å². The van der Waals surface area contributed by atoms with E-state index in [0.29, 0.717) is 0 Å². The number of ether oxygens (including phenoxy) is 1. The number of nitrogens with one attached hydrogen (secondary N) is 1. The molecule has 0 bridgehead atoms. The van der Waals surface area contributed by atoms with Crippen molar-refractivity contribution in [2.24, 2.45) is 0 Å². The number of rotatable bonds is 4. The summed E-state index contributed by atoms with van der Waals surface area (Å²) in [6.45, 7) is 1.59. The molecule has 0 spiro atoms. The molecular weight excluding hydrogens is 194 g/mol. The predicted octanol–water partition coefficient (Wildman–Crippen LogP) is 0.831. The molecule has 0 aliphatic heterocycles. The first-order chi connectivity index (χ1) is 7.15. The third-order valence-electron chi connectivity index (χ3n) is 2.88. The normalized spacial score (nSPS) is 22.1. The number of hydrogen-bond donors (Lipinski definition) is 2. The number of aliphatic hydroxyl groups is 1. The first-order valence-electron chi connectivity index (χ1n) is 5.71. The molecular formula is C11H21NO3. The molecule has 4 nitrogen and oxygen atoms in total. The van der Waals surface area contributed by atoms with Crippen LogP contribution in [-0.2, 0) is 9.53 Å². The van der Waals surface area contributed by atoms with E-state index < -0.39 is 12.1 Å². The number of likely N-dealkylation sites (N-methyl/N-ethyl adjacent to an activating group) is 1. The lowest BCUT2D eigenvalue weighted by molar-refractivity contribution is -0.155. The van der Waals surface area contributed by atoms with E-state index in [4.69, 9.17) is 4.74 Å². The van der Waals surface area contributed by atoms with Crippen molar-refractivity contribution in [2.75, 3.05) is 7.05 Å². The summed E-state index contributed by atoms with van der Waals surface area (Å²) in [6.07, 6.45) is 4.77. The summed E-state index contributed by atoms with van der Waals surface area (Å²) < 4.78 is 5.34. The molecule has 0 unspecified atom stereocenters. The quantitative estimate of drug-likeness (QED) is 0.682. The van der Waals surface area contributed by atoms with Gasteiger partial charge in [0.2, 0.25) is 0 Å². The van der Waals surface area contributed by atoms with Gasteiger partial charge in [0.25, 0.3) is 0 Å². The molecule has 1 aliphatic rings. The van der Waals surface area contributed by atoms with Gasteiger partial charge in [0.05, 0.1) is 6.10 Å². The Morgan fingerprint density at radius 1 is 1.40 bits per heavy atom. The first-order valence-corrected chi connectivity index (χ1v) is 5.71. The number of carbonyl (C=O) groups excluding carboxylic acids is 1. The lowest BCUT2D eigenvalue weighted by atomic mass is 9.98. The maximum absolute atomic E-state index is 11.6. The standard InChI is InChI=1S/C11H21NO3/c1-8(13)10(12-2)11(14)15-9-6-4-3-5-7-9/h8-10,12-13H,3-7H2,1-2H3/t8-,10-/m0/s1. The Morgan fingerprint density at radius 2 is 2.00 bits per heavy atom. The average Bonchev–Trinajstić information content (AvgIpc) is 2.19. The van der Waals surface area contributed by atoms with Gasteiger partial charge in [0.15, 0.2) is 0 Å². The van der Waals surface area contributed by atoms with Gasteiger partial charge in [-0.1, -0.05) is 6.42 Å². The lowest BCUT2D eigenvalue weighted by Gasteiger charge is -2.25. The number of esters is 1. The van der Waals surface area contributed by atoms with E-state index >= 15 is 0 Å². The molecule has 0 radical (unpaired) electrons. The Kier molecular flexibility index (Phi) is 5.05. The fraction of sp³-hybridized carbons (Fsp3) is 0.909. The van der Waals surface area contributed by atoms with E-state index in [1.165, 1.54) is 6.42 Å². The van der Waals surface area contributed by atoms with E-state index in [2.05, 4.69) is 5.32 Å². The Bertz CT molecular complexity index is 200. The molecule has 0 saturated heterocycles. The molecule has 1 aliphatic carbocycles. The zero-order valence-corrected chi connectivity index (χ0v) is 9.53. The summed E-state index contributed by atoms with van der Waals surface area (Å²) in [5.41, 5.74) is 0. The van der Waals surface area contributed by atoms with Crippen molar-refractivity contribution in [1.29, 1.82) is 0 Å². The number of aliphatic hydroxyl groups excluding tert-OH is 1. The topological polar surface area (TPSA) is 58.6 Å². The maximum atomic E-state index is 11.6. The van der Waals surface area contributed by atoms with Crippen LogP contribution >= 0.6 is 0 Å². The summed E-state index contributed by atoms with van der Waals surface area (Å²) in [5.74, 6) is -0.334. The minimum atomic E-state index is -0.717. The largest absolute Gasteiger partial charge is 0.461 e. The molecule has 1 rings (SSSR count). The van der Waals surface area contributed by atoms with E-state index in [1.807, 2.05) is 0 Å². The van der Waals surface area contributed by atoms with Crippen LogP contribution in [0.3, 0.4) is 0 Å². The summed E-state index contributed by atoms with van der Waals surface area (Å²) >= 11 is 0. The van der Waals surface area contributed by atoms with Crippen LogP contribution in [0.15, 0.2) is 0 Å². The van der Waals surface area contributed by atoms with E-state index in [1.54, 1.807) is 14.0 Å². The van der Waals surface area contributed by atoms with Gasteiger partial charge in [-0.25, -0.2) is 0 Å². The second-order valence-corrected chi connectivity index (χ2v) is 4.20. The molecule has 1 saturated carbocycles. The molecule has 0 amide bonds. The SMILES string of the molecule is CN[C@H](C(=O)OC1CCCCC1)[C@H](C)O. The average molecular weight is 215 g/mol. The zero-order chi connectivity index (χ0) is 11.3. The van der Waals surface area contributed by atoms with Crippen molar-refractivity contribution in [1.82, 2.24) is 5.32 Å². The van der Waals surface area contributed by atoms with Crippen molar-refractivity contribution in [3.8, 4) is 0 Å². The Balaban J connectivity index is 2.38. The van der Waals surface area contributed by atoms with Gasteiger partial charge in [0, 0.05) is 0 Å². The molecule has 1 fully saturated rings. The van der Waals surface area contributed by atoms with Crippen LogP contribution in [0.1, 0.15) is 39.0 Å². The Labute approximate surface area is 91.0 Å². The van der Waals surface area contributed by atoms with Gasteiger partial charge >= 0.3 is 5.97 Å².